The molecule has 0 atom stereocenters. The van der Waals surface area contributed by atoms with Crippen molar-refractivity contribution in [1.29, 1.82) is 0 Å². The first kappa shape index (κ1) is 13.3. The van der Waals surface area contributed by atoms with Crippen LogP contribution in [0.5, 0.6) is 5.88 Å². The van der Waals surface area contributed by atoms with Gasteiger partial charge < -0.3 is 9.26 Å². The van der Waals surface area contributed by atoms with Crippen molar-refractivity contribution in [1.82, 2.24) is 15.1 Å². The van der Waals surface area contributed by atoms with Crippen molar-refractivity contribution in [2.24, 2.45) is 0 Å². The first-order valence-corrected chi connectivity index (χ1v) is 6.71. The molecule has 0 saturated heterocycles. The third kappa shape index (κ3) is 3.45. The molecule has 5 nitrogen and oxygen atoms in total. The van der Waals surface area contributed by atoms with Crippen LogP contribution in [0.3, 0.4) is 0 Å². The molecule has 1 aromatic carbocycles. The second kappa shape index (κ2) is 6.17. The minimum Gasteiger partial charge on any atom is -0.468 e. The zero-order valence-electron chi connectivity index (χ0n) is 11.7. The van der Waals surface area contributed by atoms with E-state index >= 15 is 0 Å². The summed E-state index contributed by atoms with van der Waals surface area (Å²) in [6, 6.07) is 13.6. The van der Waals surface area contributed by atoms with Gasteiger partial charge in [-0.3, -0.25) is 0 Å². The summed E-state index contributed by atoms with van der Waals surface area (Å²) in [4.78, 5) is 8.40. The van der Waals surface area contributed by atoms with Gasteiger partial charge in [0, 0.05) is 18.7 Å². The van der Waals surface area contributed by atoms with Crippen LogP contribution in [0.25, 0.3) is 0 Å². The summed E-state index contributed by atoms with van der Waals surface area (Å²) in [5.74, 6) is 1.64. The van der Waals surface area contributed by atoms with Crippen LogP contribution < -0.4 is 4.74 Å². The Labute approximate surface area is 122 Å². The van der Waals surface area contributed by atoms with Crippen LogP contribution in [0.1, 0.15) is 22.8 Å². The van der Waals surface area contributed by atoms with Gasteiger partial charge in [0.25, 0.3) is 5.89 Å². The Morgan fingerprint density at radius 1 is 1.10 bits per heavy atom. The van der Waals surface area contributed by atoms with Crippen LogP contribution in [-0.4, -0.2) is 15.1 Å². The lowest BCUT2D eigenvalue weighted by Gasteiger charge is -2.01. The number of benzene rings is 1. The van der Waals surface area contributed by atoms with E-state index in [0.29, 0.717) is 24.0 Å². The van der Waals surface area contributed by atoms with E-state index in [-0.39, 0.29) is 6.61 Å². The first-order valence-electron chi connectivity index (χ1n) is 6.71. The molecule has 0 amide bonds. The Kier molecular flexibility index (Phi) is 3.91. The van der Waals surface area contributed by atoms with E-state index in [0.717, 1.165) is 0 Å². The molecule has 0 aliphatic carbocycles. The third-order valence-corrected chi connectivity index (χ3v) is 3.10. The number of nitrogens with zero attached hydrogens (tertiary/aromatic N) is 3. The van der Waals surface area contributed by atoms with Crippen molar-refractivity contribution < 1.29 is 9.26 Å². The topological polar surface area (TPSA) is 61.0 Å². The summed E-state index contributed by atoms with van der Waals surface area (Å²) in [6.45, 7) is 2.29. The molecule has 3 rings (SSSR count). The largest absolute Gasteiger partial charge is 0.468 e. The molecule has 0 saturated carbocycles. The second-order valence-electron chi connectivity index (χ2n) is 4.66. The van der Waals surface area contributed by atoms with E-state index in [4.69, 9.17) is 9.26 Å². The molecule has 0 spiro atoms. The SMILES string of the molecule is Cc1ccccc1Cc1noc(COc2ccccn2)n1. The highest BCUT2D eigenvalue weighted by Crippen LogP contribution is 2.12. The Morgan fingerprint density at radius 3 is 2.76 bits per heavy atom. The summed E-state index contributed by atoms with van der Waals surface area (Å²) in [6.07, 6.45) is 2.33. The van der Waals surface area contributed by atoms with E-state index < -0.39 is 0 Å². The van der Waals surface area contributed by atoms with E-state index in [1.165, 1.54) is 11.1 Å². The second-order valence-corrected chi connectivity index (χ2v) is 4.66. The lowest BCUT2D eigenvalue weighted by molar-refractivity contribution is 0.235. The minimum atomic E-state index is 0.220. The van der Waals surface area contributed by atoms with Crippen LogP contribution in [-0.2, 0) is 13.0 Å². The minimum absolute atomic E-state index is 0.220. The molecule has 21 heavy (non-hydrogen) atoms. The molecule has 2 aromatic heterocycles. The number of aromatic nitrogens is 3. The van der Waals surface area contributed by atoms with Gasteiger partial charge in [0.1, 0.15) is 0 Å². The van der Waals surface area contributed by atoms with Gasteiger partial charge in [-0.15, -0.1) is 0 Å². The summed E-state index contributed by atoms with van der Waals surface area (Å²) in [7, 11) is 0. The number of ether oxygens (including phenoxy) is 1. The van der Waals surface area contributed by atoms with Crippen LogP contribution in [0.15, 0.2) is 53.2 Å². The lowest BCUT2D eigenvalue weighted by Crippen LogP contribution is -1.98. The van der Waals surface area contributed by atoms with Crippen LogP contribution >= 0.6 is 0 Å². The highest BCUT2D eigenvalue weighted by Gasteiger charge is 2.09. The summed E-state index contributed by atoms with van der Waals surface area (Å²) in [5.41, 5.74) is 2.41. The standard InChI is InChI=1S/C16H15N3O2/c1-12-6-2-3-7-13(12)10-14-18-16(21-19-14)11-20-15-8-4-5-9-17-15/h2-9H,10-11H2,1H3. The van der Waals surface area contributed by atoms with Crippen molar-refractivity contribution >= 4 is 0 Å². The zero-order valence-corrected chi connectivity index (χ0v) is 11.7. The predicted molar refractivity (Wildman–Crippen MR) is 76.9 cm³/mol. The maximum Gasteiger partial charge on any atom is 0.264 e. The molecule has 0 unspecified atom stereocenters. The van der Waals surface area contributed by atoms with Gasteiger partial charge in [-0.2, -0.15) is 4.98 Å². The molecule has 0 aliphatic rings. The van der Waals surface area contributed by atoms with Gasteiger partial charge in [0.2, 0.25) is 5.88 Å². The Morgan fingerprint density at radius 2 is 1.95 bits per heavy atom. The van der Waals surface area contributed by atoms with E-state index in [1.54, 1.807) is 12.3 Å². The Hall–Kier alpha value is -2.69. The van der Waals surface area contributed by atoms with Crippen molar-refractivity contribution in [3.05, 3.63) is 71.5 Å². The Balaban J connectivity index is 1.63. The van der Waals surface area contributed by atoms with Gasteiger partial charge in [0.05, 0.1) is 0 Å². The maximum atomic E-state index is 5.47. The smallest absolute Gasteiger partial charge is 0.264 e. The maximum absolute atomic E-state index is 5.47. The molecule has 5 heteroatoms. The number of pyridine rings is 1. The monoisotopic (exact) mass is 281 g/mol. The molecule has 0 fully saturated rings. The first-order chi connectivity index (χ1) is 10.3. The van der Waals surface area contributed by atoms with Crippen molar-refractivity contribution in [3.63, 3.8) is 0 Å². The van der Waals surface area contributed by atoms with Crippen molar-refractivity contribution in [3.8, 4) is 5.88 Å². The summed E-state index contributed by atoms with van der Waals surface area (Å²) in [5, 5.41) is 3.98. The normalized spacial score (nSPS) is 10.5. The highest BCUT2D eigenvalue weighted by molar-refractivity contribution is 5.27. The number of aryl methyl sites for hydroxylation is 1. The average molecular weight is 281 g/mol. The third-order valence-electron chi connectivity index (χ3n) is 3.10. The number of rotatable bonds is 5. The molecule has 0 aliphatic heterocycles. The van der Waals surface area contributed by atoms with Crippen LogP contribution in [0, 0.1) is 6.92 Å². The van der Waals surface area contributed by atoms with Gasteiger partial charge in [-0.25, -0.2) is 4.98 Å². The number of hydrogen-bond acceptors (Lipinski definition) is 5. The molecule has 0 radical (unpaired) electrons. The van der Waals surface area contributed by atoms with Gasteiger partial charge in [0.15, 0.2) is 12.4 Å². The summed E-state index contributed by atoms with van der Waals surface area (Å²) >= 11 is 0. The fourth-order valence-corrected chi connectivity index (χ4v) is 1.97. The molecular weight excluding hydrogens is 266 g/mol. The van der Waals surface area contributed by atoms with Crippen molar-refractivity contribution in [2.75, 3.05) is 0 Å². The van der Waals surface area contributed by atoms with E-state index in [2.05, 4.69) is 34.2 Å². The molecule has 0 N–H and O–H groups in total. The predicted octanol–water partition coefficient (Wildman–Crippen LogP) is 2.94. The molecule has 2 heterocycles. The molecule has 3 aromatic rings. The van der Waals surface area contributed by atoms with Gasteiger partial charge >= 0.3 is 0 Å². The van der Waals surface area contributed by atoms with Crippen LogP contribution in [0.2, 0.25) is 0 Å². The number of hydrogen-bond donors (Lipinski definition) is 0. The van der Waals surface area contributed by atoms with Gasteiger partial charge in [-0.1, -0.05) is 35.5 Å². The molecular formula is C16H15N3O2. The summed E-state index contributed by atoms with van der Waals surface area (Å²) < 4.78 is 10.7. The van der Waals surface area contributed by atoms with E-state index in [1.807, 2.05) is 24.3 Å². The van der Waals surface area contributed by atoms with Gasteiger partial charge in [-0.05, 0) is 24.1 Å². The fourth-order valence-electron chi connectivity index (χ4n) is 1.97. The zero-order chi connectivity index (χ0) is 14.5. The highest BCUT2D eigenvalue weighted by atomic mass is 16.5. The molecule has 106 valence electrons. The van der Waals surface area contributed by atoms with E-state index in [9.17, 15) is 0 Å². The fraction of sp³-hybridized carbons (Fsp3) is 0.188. The van der Waals surface area contributed by atoms with Crippen molar-refractivity contribution in [2.45, 2.75) is 20.0 Å². The average Bonchev–Trinajstić information content (AvgIpc) is 2.96. The lowest BCUT2D eigenvalue weighted by atomic mass is 10.1. The quantitative estimate of drug-likeness (QED) is 0.719. The molecule has 0 bridgehead atoms. The Bertz CT molecular complexity index is 710. The van der Waals surface area contributed by atoms with Crippen LogP contribution in [0.4, 0.5) is 0 Å².